The summed E-state index contributed by atoms with van der Waals surface area (Å²) in [5, 5.41) is 11.2. The van der Waals surface area contributed by atoms with Crippen molar-refractivity contribution < 1.29 is 28.2 Å². The Morgan fingerprint density at radius 1 is 1.35 bits per heavy atom. The number of benzene rings is 1. The summed E-state index contributed by atoms with van der Waals surface area (Å²) in [7, 11) is 1.33. The molecule has 1 rings (SSSR count). The number of carbonyl (C=O) groups is 2. The van der Waals surface area contributed by atoms with Crippen molar-refractivity contribution in [2.24, 2.45) is 0 Å². The van der Waals surface area contributed by atoms with Crippen LogP contribution in [-0.4, -0.2) is 29.7 Å². The first-order valence-electron chi connectivity index (χ1n) is 5.84. The molecule has 110 valence electrons. The Kier molecular flexibility index (Phi) is 4.78. The second-order valence-electron chi connectivity index (χ2n) is 4.36. The molecule has 0 aromatic heterocycles. The van der Waals surface area contributed by atoms with Crippen LogP contribution in [0.4, 0.5) is 14.5 Å². The molecule has 0 spiro atoms. The number of halogens is 2. The Balaban J connectivity index is 3.18. The number of ether oxygens (including phenoxy) is 1. The normalized spacial score (nSPS) is 13.7. The Morgan fingerprint density at radius 3 is 2.35 bits per heavy atom. The van der Waals surface area contributed by atoms with Gasteiger partial charge in [-0.25, -0.2) is 13.6 Å². The summed E-state index contributed by atoms with van der Waals surface area (Å²) in [6, 6.07) is 1.14. The van der Waals surface area contributed by atoms with Gasteiger partial charge in [0.1, 0.15) is 5.60 Å². The van der Waals surface area contributed by atoms with E-state index in [9.17, 15) is 18.4 Å². The lowest BCUT2D eigenvalue weighted by Crippen LogP contribution is -2.41. The van der Waals surface area contributed by atoms with Crippen LogP contribution in [0.5, 0.6) is 0 Å². The first-order valence-corrected chi connectivity index (χ1v) is 5.84. The number of amides is 1. The van der Waals surface area contributed by atoms with Crippen molar-refractivity contribution in [1.29, 1.82) is 0 Å². The molecule has 2 N–H and O–H groups in total. The van der Waals surface area contributed by atoms with Crippen molar-refractivity contribution in [2.45, 2.75) is 25.9 Å². The average Bonchev–Trinajstić information content (AvgIpc) is 2.41. The fraction of sp³-hybridized carbons (Fsp3) is 0.385. The van der Waals surface area contributed by atoms with Gasteiger partial charge >= 0.3 is 5.97 Å². The van der Waals surface area contributed by atoms with E-state index in [4.69, 9.17) is 9.84 Å². The molecule has 1 amide bonds. The molecular formula is C13H15F2NO4. The first-order chi connectivity index (χ1) is 9.25. The van der Waals surface area contributed by atoms with E-state index in [1.165, 1.54) is 14.0 Å². The van der Waals surface area contributed by atoms with E-state index in [0.717, 1.165) is 0 Å². The molecule has 20 heavy (non-hydrogen) atoms. The van der Waals surface area contributed by atoms with Gasteiger partial charge in [-0.2, -0.15) is 0 Å². The monoisotopic (exact) mass is 287 g/mol. The van der Waals surface area contributed by atoms with Crippen molar-refractivity contribution >= 4 is 17.6 Å². The number of methoxy groups -OCH3 is 1. The number of carboxylic acids is 1. The smallest absolute Gasteiger partial charge is 0.337 e. The molecule has 1 atom stereocenters. The molecule has 1 aromatic carbocycles. The van der Waals surface area contributed by atoms with E-state index in [1.54, 1.807) is 6.92 Å². The summed E-state index contributed by atoms with van der Waals surface area (Å²) < 4.78 is 31.3. The van der Waals surface area contributed by atoms with Gasteiger partial charge in [-0.3, -0.25) is 4.79 Å². The van der Waals surface area contributed by atoms with E-state index < -0.39 is 34.7 Å². The van der Waals surface area contributed by atoms with Crippen LogP contribution in [0.15, 0.2) is 12.1 Å². The molecule has 0 saturated carbocycles. The maximum Gasteiger partial charge on any atom is 0.337 e. The van der Waals surface area contributed by atoms with Gasteiger partial charge in [-0.05, 0) is 19.4 Å². The summed E-state index contributed by atoms with van der Waals surface area (Å²) in [5.41, 5.74) is -2.05. The second-order valence-corrected chi connectivity index (χ2v) is 4.36. The van der Waals surface area contributed by atoms with Crippen molar-refractivity contribution in [1.82, 2.24) is 0 Å². The standard InChI is InChI=1S/C13H15F2NO4/c1-4-13(2,20-3)12(19)16-10-6-9(15)8(14)5-7(10)11(17)18/h5-6H,4H2,1-3H3,(H,16,19)(H,17,18). The third-order valence-corrected chi connectivity index (χ3v) is 3.14. The third-order valence-electron chi connectivity index (χ3n) is 3.14. The zero-order valence-corrected chi connectivity index (χ0v) is 11.3. The molecule has 0 saturated heterocycles. The van der Waals surface area contributed by atoms with E-state index in [0.29, 0.717) is 18.6 Å². The lowest BCUT2D eigenvalue weighted by molar-refractivity contribution is -0.136. The summed E-state index contributed by atoms with van der Waals surface area (Å²) >= 11 is 0. The molecule has 1 aromatic rings. The minimum Gasteiger partial charge on any atom is -0.478 e. The topological polar surface area (TPSA) is 75.6 Å². The fourth-order valence-corrected chi connectivity index (χ4v) is 1.48. The molecule has 0 aliphatic heterocycles. The van der Waals surface area contributed by atoms with Crippen LogP contribution in [0.25, 0.3) is 0 Å². The van der Waals surface area contributed by atoms with Gasteiger partial charge in [0, 0.05) is 13.2 Å². The highest BCUT2D eigenvalue weighted by Crippen LogP contribution is 2.23. The lowest BCUT2D eigenvalue weighted by atomic mass is 10.0. The fourth-order valence-electron chi connectivity index (χ4n) is 1.48. The van der Waals surface area contributed by atoms with Crippen molar-refractivity contribution in [2.75, 3.05) is 12.4 Å². The zero-order valence-electron chi connectivity index (χ0n) is 11.3. The van der Waals surface area contributed by atoms with Crippen molar-refractivity contribution in [3.8, 4) is 0 Å². The molecular weight excluding hydrogens is 272 g/mol. The van der Waals surface area contributed by atoms with Gasteiger partial charge in [0.25, 0.3) is 5.91 Å². The average molecular weight is 287 g/mol. The number of carboxylic acid groups (broad SMARTS) is 1. The van der Waals surface area contributed by atoms with E-state index in [1.807, 2.05) is 0 Å². The van der Waals surface area contributed by atoms with Crippen molar-refractivity contribution in [3.63, 3.8) is 0 Å². The second kappa shape index (κ2) is 5.96. The summed E-state index contributed by atoms with van der Waals surface area (Å²) in [6.45, 7) is 3.20. The molecule has 0 aliphatic carbocycles. The number of rotatable bonds is 5. The quantitative estimate of drug-likeness (QED) is 0.872. The van der Waals surface area contributed by atoms with E-state index in [2.05, 4.69) is 5.32 Å². The van der Waals surface area contributed by atoms with Gasteiger partial charge in [0.05, 0.1) is 11.3 Å². The lowest BCUT2D eigenvalue weighted by Gasteiger charge is -2.25. The van der Waals surface area contributed by atoms with Crippen LogP contribution in [0.2, 0.25) is 0 Å². The molecule has 0 aliphatic rings. The zero-order chi connectivity index (χ0) is 15.5. The maximum absolute atomic E-state index is 13.2. The number of hydrogen-bond donors (Lipinski definition) is 2. The van der Waals surface area contributed by atoms with Crippen LogP contribution in [0.1, 0.15) is 30.6 Å². The third kappa shape index (κ3) is 3.11. The Hall–Kier alpha value is -2.02. The van der Waals surface area contributed by atoms with Crippen LogP contribution in [-0.2, 0) is 9.53 Å². The van der Waals surface area contributed by atoms with E-state index >= 15 is 0 Å². The highest BCUT2D eigenvalue weighted by atomic mass is 19.2. The van der Waals surface area contributed by atoms with Crippen molar-refractivity contribution in [3.05, 3.63) is 29.3 Å². The predicted octanol–water partition coefficient (Wildman–Crippen LogP) is 2.42. The van der Waals surface area contributed by atoms with Gasteiger partial charge in [-0.1, -0.05) is 6.92 Å². The minimum atomic E-state index is -1.48. The first kappa shape index (κ1) is 16.0. The number of carbonyl (C=O) groups excluding carboxylic acids is 1. The predicted molar refractivity (Wildman–Crippen MR) is 67.7 cm³/mol. The number of nitrogens with one attached hydrogen (secondary N) is 1. The van der Waals surface area contributed by atoms with Gasteiger partial charge in [-0.15, -0.1) is 0 Å². The van der Waals surface area contributed by atoms with Gasteiger partial charge in [0.2, 0.25) is 0 Å². The molecule has 7 heteroatoms. The Labute approximate surface area is 114 Å². The summed E-state index contributed by atoms with van der Waals surface area (Å²) in [4.78, 5) is 23.0. The number of anilines is 1. The maximum atomic E-state index is 13.2. The molecule has 0 radical (unpaired) electrons. The van der Waals surface area contributed by atoms with Crippen LogP contribution >= 0.6 is 0 Å². The molecule has 1 unspecified atom stereocenters. The largest absolute Gasteiger partial charge is 0.478 e. The summed E-state index contributed by atoms with van der Waals surface area (Å²) in [6.07, 6.45) is 0.321. The minimum absolute atomic E-state index is 0.321. The molecule has 0 bridgehead atoms. The molecule has 5 nitrogen and oxygen atoms in total. The highest BCUT2D eigenvalue weighted by Gasteiger charge is 2.32. The molecule has 0 heterocycles. The van der Waals surface area contributed by atoms with Crippen LogP contribution < -0.4 is 5.32 Å². The van der Waals surface area contributed by atoms with Crippen LogP contribution in [0, 0.1) is 11.6 Å². The Bertz CT molecular complexity index is 541. The molecule has 0 fully saturated rings. The number of aromatic carboxylic acids is 1. The van der Waals surface area contributed by atoms with E-state index in [-0.39, 0.29) is 5.69 Å². The SMILES string of the molecule is CCC(C)(OC)C(=O)Nc1cc(F)c(F)cc1C(=O)O. The van der Waals surface area contributed by atoms with Gasteiger partial charge in [0.15, 0.2) is 11.6 Å². The summed E-state index contributed by atoms with van der Waals surface area (Å²) in [5.74, 6) is -4.67. The Morgan fingerprint density at radius 2 is 1.90 bits per heavy atom. The van der Waals surface area contributed by atoms with Crippen LogP contribution in [0.3, 0.4) is 0 Å². The highest BCUT2D eigenvalue weighted by molar-refractivity contribution is 6.03. The van der Waals surface area contributed by atoms with Gasteiger partial charge < -0.3 is 15.2 Å². The number of hydrogen-bond acceptors (Lipinski definition) is 3.